The van der Waals surface area contributed by atoms with E-state index in [4.69, 9.17) is 15.2 Å². The smallest absolute Gasteiger partial charge is 0.275 e. The van der Waals surface area contributed by atoms with Crippen molar-refractivity contribution in [3.8, 4) is 11.5 Å². The molecule has 104 valence electrons. The summed E-state index contributed by atoms with van der Waals surface area (Å²) in [6.07, 6.45) is 0. The second kappa shape index (κ2) is 6.03. The molecular weight excluding hydrogens is 260 g/mol. The summed E-state index contributed by atoms with van der Waals surface area (Å²) >= 11 is 0. The van der Waals surface area contributed by atoms with Gasteiger partial charge in [0.05, 0.1) is 17.6 Å². The van der Waals surface area contributed by atoms with Crippen molar-refractivity contribution >= 4 is 11.4 Å². The molecule has 0 spiro atoms. The molecule has 20 heavy (non-hydrogen) atoms. The highest BCUT2D eigenvalue weighted by Crippen LogP contribution is 2.28. The molecule has 0 atom stereocenters. The Morgan fingerprint density at radius 2 is 2.00 bits per heavy atom. The van der Waals surface area contributed by atoms with Crippen LogP contribution < -0.4 is 10.5 Å². The van der Waals surface area contributed by atoms with Crippen LogP contribution in [0.5, 0.6) is 11.5 Å². The zero-order valence-electron chi connectivity index (χ0n) is 10.9. The lowest BCUT2D eigenvalue weighted by molar-refractivity contribution is -0.384. The SMILES string of the molecule is COCc1cccc(Oc2cc(N)cc([N+](=O)[O-])c2)c1. The summed E-state index contributed by atoms with van der Waals surface area (Å²) in [4.78, 5) is 10.3. The van der Waals surface area contributed by atoms with Crippen LogP contribution in [0.3, 0.4) is 0 Å². The lowest BCUT2D eigenvalue weighted by Crippen LogP contribution is -1.94. The molecular formula is C14H14N2O4. The van der Waals surface area contributed by atoms with Crippen LogP contribution in [0, 0.1) is 10.1 Å². The van der Waals surface area contributed by atoms with Gasteiger partial charge in [0, 0.05) is 24.9 Å². The molecule has 0 unspecified atom stereocenters. The second-order valence-electron chi connectivity index (χ2n) is 4.20. The third-order valence-corrected chi connectivity index (χ3v) is 2.57. The number of hydrogen-bond donors (Lipinski definition) is 1. The van der Waals surface area contributed by atoms with Crippen LogP contribution in [0.1, 0.15) is 5.56 Å². The molecule has 0 aliphatic rings. The van der Waals surface area contributed by atoms with E-state index in [2.05, 4.69) is 0 Å². The summed E-state index contributed by atoms with van der Waals surface area (Å²) in [6.45, 7) is 0.467. The number of nitro benzene ring substituents is 1. The molecule has 2 N–H and O–H groups in total. The van der Waals surface area contributed by atoms with Crippen molar-refractivity contribution in [3.05, 3.63) is 58.1 Å². The van der Waals surface area contributed by atoms with Crippen LogP contribution in [0.4, 0.5) is 11.4 Å². The lowest BCUT2D eigenvalue weighted by Gasteiger charge is -2.08. The standard InChI is InChI=1S/C14H14N2O4/c1-19-9-10-3-2-4-13(5-10)20-14-7-11(15)6-12(8-14)16(17)18/h2-8H,9,15H2,1H3. The highest BCUT2D eigenvalue weighted by molar-refractivity contribution is 5.54. The first kappa shape index (κ1) is 13.8. The maximum absolute atomic E-state index is 10.8. The number of nitrogen functional groups attached to an aromatic ring is 1. The minimum absolute atomic E-state index is 0.104. The molecule has 0 aliphatic heterocycles. The molecule has 0 fully saturated rings. The van der Waals surface area contributed by atoms with E-state index in [1.54, 1.807) is 19.2 Å². The Balaban J connectivity index is 2.25. The normalized spacial score (nSPS) is 10.2. The number of hydrogen-bond acceptors (Lipinski definition) is 5. The summed E-state index contributed by atoms with van der Waals surface area (Å²) < 4.78 is 10.6. The van der Waals surface area contributed by atoms with Crippen molar-refractivity contribution in [2.75, 3.05) is 12.8 Å². The molecule has 0 saturated heterocycles. The zero-order valence-corrected chi connectivity index (χ0v) is 10.9. The fraction of sp³-hybridized carbons (Fsp3) is 0.143. The average Bonchev–Trinajstić information content (AvgIpc) is 2.38. The first-order valence-electron chi connectivity index (χ1n) is 5.89. The van der Waals surface area contributed by atoms with Gasteiger partial charge in [-0.1, -0.05) is 12.1 Å². The molecule has 0 aromatic heterocycles. The Hall–Kier alpha value is -2.60. The average molecular weight is 274 g/mol. The number of anilines is 1. The van der Waals surface area contributed by atoms with Crippen LogP contribution in [0.25, 0.3) is 0 Å². The van der Waals surface area contributed by atoms with Crippen LogP contribution in [-0.2, 0) is 11.3 Å². The molecule has 2 rings (SSSR count). The van der Waals surface area contributed by atoms with Gasteiger partial charge in [0.25, 0.3) is 5.69 Å². The molecule has 0 saturated carbocycles. The van der Waals surface area contributed by atoms with Crippen molar-refractivity contribution in [2.24, 2.45) is 0 Å². The van der Waals surface area contributed by atoms with E-state index < -0.39 is 4.92 Å². The molecule has 0 aliphatic carbocycles. The van der Waals surface area contributed by atoms with Crippen molar-refractivity contribution in [1.29, 1.82) is 0 Å². The summed E-state index contributed by atoms with van der Waals surface area (Å²) in [7, 11) is 1.61. The van der Waals surface area contributed by atoms with E-state index in [9.17, 15) is 10.1 Å². The van der Waals surface area contributed by atoms with Crippen LogP contribution >= 0.6 is 0 Å². The summed E-state index contributed by atoms with van der Waals surface area (Å²) in [5.41, 5.74) is 6.75. The molecule has 2 aromatic rings. The second-order valence-corrected chi connectivity index (χ2v) is 4.20. The Labute approximate surface area is 115 Å². The maximum Gasteiger partial charge on any atom is 0.275 e. The van der Waals surface area contributed by atoms with Crippen molar-refractivity contribution in [1.82, 2.24) is 0 Å². The molecule has 0 radical (unpaired) electrons. The molecule has 6 nitrogen and oxygen atoms in total. The number of nitro groups is 1. The Morgan fingerprint density at radius 3 is 2.70 bits per heavy atom. The maximum atomic E-state index is 10.8. The molecule has 0 bridgehead atoms. The summed E-state index contributed by atoms with van der Waals surface area (Å²) in [5, 5.41) is 10.8. The monoisotopic (exact) mass is 274 g/mol. The number of benzene rings is 2. The highest BCUT2D eigenvalue weighted by atomic mass is 16.6. The molecule has 6 heteroatoms. The van der Waals surface area contributed by atoms with E-state index in [-0.39, 0.29) is 11.4 Å². The van der Waals surface area contributed by atoms with Crippen molar-refractivity contribution in [3.63, 3.8) is 0 Å². The fourth-order valence-corrected chi connectivity index (χ4v) is 1.77. The van der Waals surface area contributed by atoms with Gasteiger partial charge in [-0.15, -0.1) is 0 Å². The number of nitrogens with two attached hydrogens (primary N) is 1. The largest absolute Gasteiger partial charge is 0.457 e. The number of rotatable bonds is 5. The van der Waals surface area contributed by atoms with E-state index in [1.807, 2.05) is 12.1 Å². The molecule has 0 heterocycles. The number of non-ortho nitro benzene ring substituents is 1. The van der Waals surface area contributed by atoms with Crippen LogP contribution in [-0.4, -0.2) is 12.0 Å². The Morgan fingerprint density at radius 1 is 1.20 bits per heavy atom. The van der Waals surface area contributed by atoms with E-state index in [0.29, 0.717) is 18.1 Å². The van der Waals surface area contributed by atoms with Gasteiger partial charge in [0.1, 0.15) is 11.5 Å². The van der Waals surface area contributed by atoms with E-state index in [1.165, 1.54) is 18.2 Å². The number of nitrogens with zero attached hydrogens (tertiary/aromatic N) is 1. The minimum atomic E-state index is -0.509. The highest BCUT2D eigenvalue weighted by Gasteiger charge is 2.10. The fourth-order valence-electron chi connectivity index (χ4n) is 1.77. The van der Waals surface area contributed by atoms with E-state index in [0.717, 1.165) is 5.56 Å². The van der Waals surface area contributed by atoms with E-state index >= 15 is 0 Å². The van der Waals surface area contributed by atoms with Crippen LogP contribution in [0.2, 0.25) is 0 Å². The Bertz CT molecular complexity index is 628. The van der Waals surface area contributed by atoms with Crippen molar-refractivity contribution in [2.45, 2.75) is 6.61 Å². The first-order chi connectivity index (χ1) is 9.58. The van der Waals surface area contributed by atoms with Gasteiger partial charge in [-0.3, -0.25) is 10.1 Å². The van der Waals surface area contributed by atoms with Gasteiger partial charge in [0.2, 0.25) is 0 Å². The zero-order chi connectivity index (χ0) is 14.5. The summed E-state index contributed by atoms with van der Waals surface area (Å²) in [6, 6.07) is 11.4. The predicted molar refractivity (Wildman–Crippen MR) is 74.7 cm³/mol. The number of methoxy groups -OCH3 is 1. The van der Waals surface area contributed by atoms with Gasteiger partial charge >= 0.3 is 0 Å². The first-order valence-corrected chi connectivity index (χ1v) is 5.89. The van der Waals surface area contributed by atoms with Gasteiger partial charge in [-0.05, 0) is 17.7 Å². The third kappa shape index (κ3) is 3.46. The molecule has 0 amide bonds. The Kier molecular flexibility index (Phi) is 4.17. The third-order valence-electron chi connectivity index (χ3n) is 2.57. The summed E-state index contributed by atoms with van der Waals surface area (Å²) in [5.74, 6) is 0.894. The topological polar surface area (TPSA) is 87.6 Å². The van der Waals surface area contributed by atoms with Gasteiger partial charge in [-0.25, -0.2) is 0 Å². The van der Waals surface area contributed by atoms with Gasteiger partial charge in [0.15, 0.2) is 0 Å². The van der Waals surface area contributed by atoms with Crippen molar-refractivity contribution < 1.29 is 14.4 Å². The van der Waals surface area contributed by atoms with Crippen LogP contribution in [0.15, 0.2) is 42.5 Å². The number of ether oxygens (including phenoxy) is 2. The quantitative estimate of drug-likeness (QED) is 0.514. The molecule has 2 aromatic carbocycles. The van der Waals surface area contributed by atoms with Gasteiger partial charge in [-0.2, -0.15) is 0 Å². The minimum Gasteiger partial charge on any atom is -0.457 e. The lowest BCUT2D eigenvalue weighted by atomic mass is 10.2. The predicted octanol–water partition coefficient (Wildman–Crippen LogP) is 3.12. The van der Waals surface area contributed by atoms with Gasteiger partial charge < -0.3 is 15.2 Å².